The van der Waals surface area contributed by atoms with Gasteiger partial charge in [-0.2, -0.15) is 0 Å². The van der Waals surface area contributed by atoms with E-state index in [-0.39, 0.29) is 24.4 Å². The lowest BCUT2D eigenvalue weighted by Crippen LogP contribution is -2.40. The minimum atomic E-state index is -1.04. The standard InChI is InChI=1S/C37H62N2O5/c1-3-5-7-9-11-12-13-14-15-16-17-19-20-22-27-33(44-36(41)31-23-21-18-10-8-6-4-2)28-24-25-30-35(40)39-34(37(42)43)29-26-32-38/h5,7,11-12,14-15,17,19,22,27,33-34H,3-4,6,8-10,13,16,18,20-21,23-26,28-32,38H2,1-2H3,(H,39,40)(H,42,43)/b7-5-,12-11-,15-14-,19-17-,27-22-. The van der Waals surface area contributed by atoms with Crippen LogP contribution in [0.4, 0.5) is 0 Å². The van der Waals surface area contributed by atoms with Crippen LogP contribution >= 0.6 is 0 Å². The molecular formula is C37H62N2O5. The summed E-state index contributed by atoms with van der Waals surface area (Å²) in [6.45, 7) is 4.73. The molecule has 0 aromatic heterocycles. The highest BCUT2D eigenvalue weighted by Gasteiger charge is 2.19. The van der Waals surface area contributed by atoms with Gasteiger partial charge in [-0.3, -0.25) is 9.59 Å². The fourth-order valence-electron chi connectivity index (χ4n) is 4.51. The van der Waals surface area contributed by atoms with Gasteiger partial charge in [0.25, 0.3) is 0 Å². The number of allylic oxidation sites excluding steroid dienone is 9. The summed E-state index contributed by atoms with van der Waals surface area (Å²) in [5, 5.41) is 11.9. The van der Waals surface area contributed by atoms with E-state index in [0.29, 0.717) is 45.1 Å². The van der Waals surface area contributed by atoms with Gasteiger partial charge in [-0.15, -0.1) is 0 Å². The highest BCUT2D eigenvalue weighted by atomic mass is 16.5. The normalized spacial score (nSPS) is 13.5. The Kier molecular flexibility index (Phi) is 29.4. The lowest BCUT2D eigenvalue weighted by molar-refractivity contribution is -0.147. The molecule has 44 heavy (non-hydrogen) atoms. The summed E-state index contributed by atoms with van der Waals surface area (Å²) >= 11 is 0. The average Bonchev–Trinajstić information content (AvgIpc) is 3.00. The van der Waals surface area contributed by atoms with Crippen molar-refractivity contribution in [3.8, 4) is 0 Å². The Hall–Kier alpha value is -2.93. The summed E-state index contributed by atoms with van der Waals surface area (Å²) in [6, 6.07) is -0.910. The van der Waals surface area contributed by atoms with Crippen molar-refractivity contribution in [3.63, 3.8) is 0 Å². The summed E-state index contributed by atoms with van der Waals surface area (Å²) in [5.74, 6) is -1.50. The maximum atomic E-state index is 12.5. The Morgan fingerprint density at radius 2 is 1.23 bits per heavy atom. The van der Waals surface area contributed by atoms with E-state index in [1.807, 2.05) is 12.2 Å². The molecule has 0 aliphatic rings. The molecule has 0 fully saturated rings. The number of rotatable bonds is 29. The maximum absolute atomic E-state index is 12.5. The molecule has 2 unspecified atom stereocenters. The Balaban J connectivity index is 4.65. The third-order valence-electron chi connectivity index (χ3n) is 7.08. The highest BCUT2D eigenvalue weighted by Crippen LogP contribution is 2.13. The molecule has 0 aromatic carbocycles. The van der Waals surface area contributed by atoms with Gasteiger partial charge in [0.15, 0.2) is 0 Å². The molecule has 0 aliphatic carbocycles. The van der Waals surface area contributed by atoms with Gasteiger partial charge >= 0.3 is 11.9 Å². The first kappa shape index (κ1) is 41.1. The zero-order chi connectivity index (χ0) is 32.5. The molecule has 0 aromatic rings. The summed E-state index contributed by atoms with van der Waals surface area (Å²) in [4.78, 5) is 36.2. The first-order valence-electron chi connectivity index (χ1n) is 17.1. The Morgan fingerprint density at radius 3 is 1.80 bits per heavy atom. The van der Waals surface area contributed by atoms with Crippen molar-refractivity contribution in [3.05, 3.63) is 60.8 Å². The second kappa shape index (κ2) is 31.5. The van der Waals surface area contributed by atoms with Gasteiger partial charge in [0.1, 0.15) is 12.1 Å². The van der Waals surface area contributed by atoms with E-state index < -0.39 is 12.0 Å². The molecule has 2 atom stereocenters. The number of carboxylic acids is 1. The lowest BCUT2D eigenvalue weighted by atomic mass is 10.1. The fourth-order valence-corrected chi connectivity index (χ4v) is 4.51. The SMILES string of the molecule is CC/C=C\C/C=C\C/C=C\C/C=C\C/C=C\C(CCCCC(=O)NC(CCCN)C(=O)O)OC(=O)CCCCCCCCC. The number of esters is 1. The zero-order valence-electron chi connectivity index (χ0n) is 27.7. The van der Waals surface area contributed by atoms with Crippen LogP contribution in [0.25, 0.3) is 0 Å². The number of nitrogens with two attached hydrogens (primary N) is 1. The number of carboxylic acid groups (broad SMARTS) is 1. The molecule has 0 bridgehead atoms. The number of carbonyl (C=O) groups is 3. The van der Waals surface area contributed by atoms with Crippen molar-refractivity contribution in [2.24, 2.45) is 5.73 Å². The average molecular weight is 615 g/mol. The van der Waals surface area contributed by atoms with Crippen LogP contribution in [0.5, 0.6) is 0 Å². The van der Waals surface area contributed by atoms with Gasteiger partial charge in [0, 0.05) is 12.8 Å². The molecule has 0 radical (unpaired) electrons. The number of aliphatic carboxylic acids is 1. The monoisotopic (exact) mass is 614 g/mol. The minimum absolute atomic E-state index is 0.175. The van der Waals surface area contributed by atoms with Crippen molar-refractivity contribution in [2.45, 2.75) is 148 Å². The molecule has 1 amide bonds. The highest BCUT2D eigenvalue weighted by molar-refractivity contribution is 5.83. The van der Waals surface area contributed by atoms with Crippen LogP contribution in [0.1, 0.15) is 136 Å². The molecule has 7 heteroatoms. The molecular weight excluding hydrogens is 552 g/mol. The van der Waals surface area contributed by atoms with Gasteiger partial charge in [0.2, 0.25) is 5.91 Å². The second-order valence-corrected chi connectivity index (χ2v) is 11.2. The van der Waals surface area contributed by atoms with E-state index in [4.69, 9.17) is 10.5 Å². The van der Waals surface area contributed by atoms with E-state index >= 15 is 0 Å². The Bertz CT molecular complexity index is 875. The van der Waals surface area contributed by atoms with Gasteiger partial charge in [-0.1, -0.05) is 107 Å². The van der Waals surface area contributed by atoms with Crippen LogP contribution in [-0.4, -0.2) is 41.6 Å². The zero-order valence-corrected chi connectivity index (χ0v) is 27.7. The predicted molar refractivity (Wildman–Crippen MR) is 183 cm³/mol. The molecule has 250 valence electrons. The molecule has 0 aliphatic heterocycles. The molecule has 0 heterocycles. The quantitative estimate of drug-likeness (QED) is 0.0441. The van der Waals surface area contributed by atoms with Crippen LogP contribution in [0.3, 0.4) is 0 Å². The van der Waals surface area contributed by atoms with Crippen LogP contribution < -0.4 is 11.1 Å². The molecule has 0 rings (SSSR count). The van der Waals surface area contributed by atoms with Crippen LogP contribution in [0.2, 0.25) is 0 Å². The first-order chi connectivity index (χ1) is 21.4. The number of amides is 1. The minimum Gasteiger partial charge on any atom is -0.480 e. The number of carbonyl (C=O) groups excluding carboxylic acids is 2. The number of ether oxygens (including phenoxy) is 1. The van der Waals surface area contributed by atoms with E-state index in [1.54, 1.807) is 0 Å². The van der Waals surface area contributed by atoms with Gasteiger partial charge < -0.3 is 20.9 Å². The van der Waals surface area contributed by atoms with E-state index in [1.165, 1.54) is 25.7 Å². The Labute approximate surface area is 268 Å². The summed E-state index contributed by atoms with van der Waals surface area (Å²) in [6.07, 6.45) is 37.0. The third-order valence-corrected chi connectivity index (χ3v) is 7.08. The molecule has 4 N–H and O–H groups in total. The fraction of sp³-hybridized carbons (Fsp3) is 0.649. The number of hydrogen-bond acceptors (Lipinski definition) is 5. The van der Waals surface area contributed by atoms with Gasteiger partial charge in [0.05, 0.1) is 0 Å². The number of unbranched alkanes of at least 4 members (excludes halogenated alkanes) is 7. The smallest absolute Gasteiger partial charge is 0.326 e. The Morgan fingerprint density at radius 1 is 0.682 bits per heavy atom. The van der Waals surface area contributed by atoms with Crippen molar-refractivity contribution < 1.29 is 24.2 Å². The first-order valence-corrected chi connectivity index (χ1v) is 17.1. The summed E-state index contributed by atoms with van der Waals surface area (Å²) in [7, 11) is 0. The summed E-state index contributed by atoms with van der Waals surface area (Å²) in [5.41, 5.74) is 5.47. The second-order valence-electron chi connectivity index (χ2n) is 11.2. The van der Waals surface area contributed by atoms with Crippen LogP contribution in [0.15, 0.2) is 60.8 Å². The topological polar surface area (TPSA) is 119 Å². The van der Waals surface area contributed by atoms with E-state index in [2.05, 4.69) is 67.8 Å². The summed E-state index contributed by atoms with van der Waals surface area (Å²) < 4.78 is 5.79. The number of nitrogens with one attached hydrogen (secondary N) is 1. The number of hydrogen-bond donors (Lipinski definition) is 3. The third kappa shape index (κ3) is 27.9. The predicted octanol–water partition coefficient (Wildman–Crippen LogP) is 8.66. The van der Waals surface area contributed by atoms with Crippen molar-refractivity contribution in [1.82, 2.24) is 5.32 Å². The molecule has 0 saturated carbocycles. The molecule has 0 spiro atoms. The van der Waals surface area contributed by atoms with Gasteiger partial charge in [-0.05, 0) is 83.2 Å². The molecule has 0 saturated heterocycles. The lowest BCUT2D eigenvalue weighted by Gasteiger charge is -2.16. The largest absolute Gasteiger partial charge is 0.480 e. The van der Waals surface area contributed by atoms with Crippen molar-refractivity contribution in [2.75, 3.05) is 6.54 Å². The van der Waals surface area contributed by atoms with E-state index in [9.17, 15) is 19.5 Å². The van der Waals surface area contributed by atoms with Crippen LogP contribution in [0, 0.1) is 0 Å². The molecule has 7 nitrogen and oxygen atoms in total. The van der Waals surface area contributed by atoms with Crippen LogP contribution in [-0.2, 0) is 19.1 Å². The van der Waals surface area contributed by atoms with Crippen molar-refractivity contribution >= 4 is 17.8 Å². The maximum Gasteiger partial charge on any atom is 0.326 e. The van der Waals surface area contributed by atoms with Crippen molar-refractivity contribution in [1.29, 1.82) is 0 Å². The van der Waals surface area contributed by atoms with Gasteiger partial charge in [-0.25, -0.2) is 4.79 Å². The van der Waals surface area contributed by atoms with E-state index in [0.717, 1.165) is 51.4 Å².